The minimum Gasteiger partial charge on any atom is -0.319 e. The number of carbonyl (C=O) groups excluding carboxylic acids is 1. The number of benzene rings is 1. The molecule has 0 unspecified atom stereocenters. The molecule has 0 bridgehead atoms. The fourth-order valence-electron chi connectivity index (χ4n) is 2.33. The zero-order valence-electron chi connectivity index (χ0n) is 13.1. The van der Waals surface area contributed by atoms with Crippen molar-refractivity contribution in [3.05, 3.63) is 40.7 Å². The topological polar surface area (TPSA) is 81.1 Å². The van der Waals surface area contributed by atoms with Crippen molar-refractivity contribution in [2.24, 2.45) is 7.05 Å². The van der Waals surface area contributed by atoms with Gasteiger partial charge in [-0.1, -0.05) is 0 Å². The summed E-state index contributed by atoms with van der Waals surface area (Å²) in [6.07, 6.45) is 1.02. The van der Waals surface area contributed by atoms with Crippen molar-refractivity contribution in [2.75, 3.05) is 11.6 Å². The lowest BCUT2D eigenvalue weighted by atomic mass is 10.2. The highest BCUT2D eigenvalue weighted by Gasteiger charge is 2.18. The third-order valence-electron chi connectivity index (χ3n) is 3.53. The molecule has 0 aliphatic rings. The normalized spacial score (nSPS) is 11.8. The zero-order valence-corrected chi connectivity index (χ0v) is 14.8. The molecule has 0 atom stereocenters. The number of hydrogen-bond donors (Lipinski definition) is 1. The van der Waals surface area contributed by atoms with Crippen molar-refractivity contribution in [3.8, 4) is 0 Å². The summed E-state index contributed by atoms with van der Waals surface area (Å²) in [5.41, 5.74) is 0.628. The molecule has 0 saturated heterocycles. The number of aryl methyl sites for hydroxylation is 2. The molecule has 1 N–H and O–H groups in total. The molecule has 0 radical (unpaired) electrons. The highest BCUT2D eigenvalue weighted by molar-refractivity contribution is 7.90. The van der Waals surface area contributed by atoms with E-state index in [9.17, 15) is 17.6 Å². The van der Waals surface area contributed by atoms with E-state index >= 15 is 0 Å². The molecule has 0 saturated carbocycles. The molecule has 3 rings (SSSR count). The van der Waals surface area contributed by atoms with Gasteiger partial charge in [-0.15, -0.1) is 11.3 Å². The van der Waals surface area contributed by atoms with Crippen molar-refractivity contribution < 1.29 is 17.6 Å². The molecule has 0 spiro atoms. The number of hydrogen-bond acceptors (Lipinski definition) is 5. The summed E-state index contributed by atoms with van der Waals surface area (Å²) < 4.78 is 38.7. The van der Waals surface area contributed by atoms with Crippen LogP contribution in [-0.2, 0) is 16.9 Å². The number of halogens is 1. The summed E-state index contributed by atoms with van der Waals surface area (Å²) in [6, 6.07) is 4.98. The molecule has 0 fully saturated rings. The Kier molecular flexibility index (Phi) is 3.92. The van der Waals surface area contributed by atoms with E-state index in [1.54, 1.807) is 17.8 Å². The molecule has 1 aromatic carbocycles. The van der Waals surface area contributed by atoms with Crippen LogP contribution in [-0.4, -0.2) is 30.4 Å². The Bertz CT molecular complexity index is 1030. The predicted octanol–water partition coefficient (Wildman–Crippen LogP) is 2.74. The Morgan fingerprint density at radius 2 is 2.04 bits per heavy atom. The number of fused-ring (bicyclic) bond motifs is 1. The van der Waals surface area contributed by atoms with Crippen LogP contribution >= 0.6 is 11.3 Å². The molecular weight excluding hydrogens is 353 g/mol. The Labute approximate surface area is 141 Å². The van der Waals surface area contributed by atoms with Crippen LogP contribution in [0.4, 0.5) is 10.1 Å². The average Bonchev–Trinajstić information content (AvgIpc) is 3.03. The second kappa shape index (κ2) is 5.67. The molecule has 2 heterocycles. The monoisotopic (exact) mass is 367 g/mol. The molecular formula is C15H14FN3O3S2. The lowest BCUT2D eigenvalue weighted by molar-refractivity contribution is 0.103. The SMILES string of the molecule is Cc1nn(C)c2sc(C(=O)Nc3cc(S(C)(=O)=O)ccc3F)cc12. The maximum Gasteiger partial charge on any atom is 0.265 e. The molecule has 24 heavy (non-hydrogen) atoms. The largest absolute Gasteiger partial charge is 0.319 e. The predicted molar refractivity (Wildman–Crippen MR) is 90.8 cm³/mol. The van der Waals surface area contributed by atoms with Gasteiger partial charge in [0, 0.05) is 18.7 Å². The maximum absolute atomic E-state index is 13.9. The van der Waals surface area contributed by atoms with E-state index in [1.807, 2.05) is 6.92 Å². The summed E-state index contributed by atoms with van der Waals surface area (Å²) in [4.78, 5) is 13.5. The van der Waals surface area contributed by atoms with Gasteiger partial charge >= 0.3 is 0 Å². The summed E-state index contributed by atoms with van der Waals surface area (Å²) in [5, 5.41) is 7.55. The summed E-state index contributed by atoms with van der Waals surface area (Å²) in [5.74, 6) is -1.20. The summed E-state index contributed by atoms with van der Waals surface area (Å²) in [6.45, 7) is 1.84. The van der Waals surface area contributed by atoms with E-state index in [0.29, 0.717) is 4.88 Å². The molecule has 126 valence electrons. The number of rotatable bonds is 3. The van der Waals surface area contributed by atoms with Crippen molar-refractivity contribution in [2.45, 2.75) is 11.8 Å². The number of anilines is 1. The first kappa shape index (κ1) is 16.6. The number of thiophene rings is 1. The van der Waals surface area contributed by atoms with E-state index in [0.717, 1.165) is 40.4 Å². The fourth-order valence-corrected chi connectivity index (χ4v) is 4.00. The molecule has 2 aromatic heterocycles. The fraction of sp³-hybridized carbons (Fsp3) is 0.200. The quantitative estimate of drug-likeness (QED) is 0.722. The maximum atomic E-state index is 13.9. The first-order valence-corrected chi connectivity index (χ1v) is 9.61. The van der Waals surface area contributed by atoms with E-state index in [-0.39, 0.29) is 10.6 Å². The van der Waals surface area contributed by atoms with E-state index < -0.39 is 21.6 Å². The third-order valence-corrected chi connectivity index (χ3v) is 5.85. The Balaban J connectivity index is 1.95. The van der Waals surface area contributed by atoms with Crippen LogP contribution in [0.1, 0.15) is 15.4 Å². The van der Waals surface area contributed by atoms with Gasteiger partial charge in [-0.3, -0.25) is 9.48 Å². The van der Waals surface area contributed by atoms with Gasteiger partial charge in [0.25, 0.3) is 5.91 Å². The van der Waals surface area contributed by atoms with Gasteiger partial charge < -0.3 is 5.32 Å². The second-order valence-corrected chi connectivity index (χ2v) is 8.45. The van der Waals surface area contributed by atoms with Crippen LogP contribution in [0.2, 0.25) is 0 Å². The van der Waals surface area contributed by atoms with Gasteiger partial charge in [-0.25, -0.2) is 12.8 Å². The highest BCUT2D eigenvalue weighted by atomic mass is 32.2. The molecule has 0 aliphatic heterocycles. The number of amides is 1. The van der Waals surface area contributed by atoms with Crippen LogP contribution in [0.15, 0.2) is 29.2 Å². The Hall–Kier alpha value is -2.26. The van der Waals surface area contributed by atoms with Gasteiger partial charge in [-0.05, 0) is 31.2 Å². The van der Waals surface area contributed by atoms with Gasteiger partial charge in [-0.2, -0.15) is 5.10 Å². The third kappa shape index (κ3) is 2.92. The molecule has 1 amide bonds. The van der Waals surface area contributed by atoms with Crippen LogP contribution in [0.3, 0.4) is 0 Å². The number of aromatic nitrogens is 2. The second-order valence-electron chi connectivity index (χ2n) is 5.41. The lowest BCUT2D eigenvalue weighted by Gasteiger charge is -2.07. The summed E-state index contributed by atoms with van der Waals surface area (Å²) in [7, 11) is -1.71. The minimum absolute atomic E-state index is 0.0596. The first-order chi connectivity index (χ1) is 11.2. The van der Waals surface area contributed by atoms with Crippen LogP contribution < -0.4 is 5.32 Å². The highest BCUT2D eigenvalue weighted by Crippen LogP contribution is 2.29. The van der Waals surface area contributed by atoms with Gasteiger partial charge in [0.15, 0.2) is 9.84 Å². The van der Waals surface area contributed by atoms with Crippen LogP contribution in [0, 0.1) is 12.7 Å². The number of sulfone groups is 1. The van der Waals surface area contributed by atoms with Gasteiger partial charge in [0.1, 0.15) is 10.6 Å². The standard InChI is InChI=1S/C15H14FN3O3S2/c1-8-10-7-13(23-15(10)19(2)18-8)14(20)17-12-6-9(24(3,21)22)4-5-11(12)16/h4-7H,1-3H3,(H,17,20). The zero-order chi connectivity index (χ0) is 17.6. The Morgan fingerprint density at radius 1 is 1.33 bits per heavy atom. The van der Waals surface area contributed by atoms with E-state index in [2.05, 4.69) is 10.4 Å². The Morgan fingerprint density at radius 3 is 2.67 bits per heavy atom. The first-order valence-electron chi connectivity index (χ1n) is 6.91. The molecule has 6 nitrogen and oxygen atoms in total. The number of carbonyl (C=O) groups is 1. The number of nitrogens with one attached hydrogen (secondary N) is 1. The van der Waals surface area contributed by atoms with Crippen molar-refractivity contribution >= 4 is 43.0 Å². The van der Waals surface area contributed by atoms with Crippen molar-refractivity contribution in [3.63, 3.8) is 0 Å². The van der Waals surface area contributed by atoms with Crippen LogP contribution in [0.5, 0.6) is 0 Å². The lowest BCUT2D eigenvalue weighted by Crippen LogP contribution is -2.12. The molecule has 3 aromatic rings. The molecule has 9 heteroatoms. The average molecular weight is 367 g/mol. The van der Waals surface area contributed by atoms with Crippen molar-refractivity contribution in [1.82, 2.24) is 9.78 Å². The van der Waals surface area contributed by atoms with E-state index in [1.165, 1.54) is 11.3 Å². The number of nitrogens with zero attached hydrogens (tertiary/aromatic N) is 2. The van der Waals surface area contributed by atoms with Gasteiger partial charge in [0.05, 0.1) is 21.2 Å². The molecule has 0 aliphatic carbocycles. The van der Waals surface area contributed by atoms with Gasteiger partial charge in [0.2, 0.25) is 0 Å². The van der Waals surface area contributed by atoms with Crippen molar-refractivity contribution in [1.29, 1.82) is 0 Å². The smallest absolute Gasteiger partial charge is 0.265 e. The van der Waals surface area contributed by atoms with Crippen LogP contribution in [0.25, 0.3) is 10.2 Å². The minimum atomic E-state index is -3.49. The summed E-state index contributed by atoms with van der Waals surface area (Å²) >= 11 is 1.24. The van der Waals surface area contributed by atoms with E-state index in [4.69, 9.17) is 0 Å².